The van der Waals surface area contributed by atoms with Gasteiger partial charge in [0.1, 0.15) is 51.7 Å². The summed E-state index contributed by atoms with van der Waals surface area (Å²) in [4.78, 5) is 164. The normalized spacial score (nSPS) is 9.53. The summed E-state index contributed by atoms with van der Waals surface area (Å²) in [5.74, 6) is -5.07. The Morgan fingerprint density at radius 2 is 0.504 bits per heavy atom. The van der Waals surface area contributed by atoms with Crippen molar-refractivity contribution >= 4 is 84.5 Å². The predicted molar refractivity (Wildman–Crippen MR) is 481 cm³/mol. The van der Waals surface area contributed by atoms with Gasteiger partial charge in [-0.15, -0.1) is 0 Å². The van der Waals surface area contributed by atoms with Crippen LogP contribution in [0.4, 0.5) is 24.0 Å². The van der Waals surface area contributed by atoms with Gasteiger partial charge in [-0.1, -0.05) is 150 Å². The Labute approximate surface area is 759 Å². The first-order valence-electron chi connectivity index (χ1n) is 34.7. The van der Waals surface area contributed by atoms with Gasteiger partial charge in [0.15, 0.2) is 0 Å². The molecule has 9 aromatic rings. The number of benzene rings is 9. The molecule has 0 spiro atoms. The predicted octanol–water partition coefficient (Wildman–Crippen LogP) is 21.3. The second-order valence-corrected chi connectivity index (χ2v) is 23.4. The Hall–Kier alpha value is -17.3. The van der Waals surface area contributed by atoms with Crippen molar-refractivity contribution in [1.29, 1.82) is 5.26 Å². The lowest BCUT2D eigenvalue weighted by Gasteiger charge is -2.11. The van der Waals surface area contributed by atoms with E-state index >= 15 is 0 Å². The highest BCUT2D eigenvalue weighted by molar-refractivity contribution is 5.95. The van der Waals surface area contributed by atoms with Crippen LogP contribution in [0.5, 0.6) is 51.7 Å². The third kappa shape index (κ3) is 37.6. The lowest BCUT2D eigenvalue weighted by molar-refractivity contribution is -0.147. The fourth-order valence-electron chi connectivity index (χ4n) is 9.73. The first kappa shape index (κ1) is 118. The zero-order chi connectivity index (χ0) is 87.3. The van der Waals surface area contributed by atoms with Crippen molar-refractivity contribution in [3.8, 4) is 80.1 Å². The summed E-state index contributed by atoms with van der Waals surface area (Å²) in [6.45, 7) is 16.5. The van der Waals surface area contributed by atoms with Gasteiger partial charge in [-0.2, -0.15) is 5.26 Å². The average Bonchev–Trinajstić information content (AvgIpc) is 1.61. The Balaban J connectivity index is -0.00000191. The van der Waals surface area contributed by atoms with Crippen molar-refractivity contribution in [2.24, 2.45) is 0 Å². The molecule has 0 saturated carbocycles. The molecule has 0 heterocycles. The first-order chi connectivity index (χ1) is 58.2. The number of esters is 9. The molecule has 0 amide bonds. The van der Waals surface area contributed by atoms with E-state index in [0.29, 0.717) is 22.6 Å². The molecule has 0 N–H and O–H groups in total. The van der Waals surface area contributed by atoms with Gasteiger partial charge in [-0.05, 0) is 210 Å². The van der Waals surface area contributed by atoms with Crippen LogP contribution in [-0.2, 0) is 71.3 Å². The highest BCUT2D eigenvalue weighted by Crippen LogP contribution is 2.47. The van der Waals surface area contributed by atoms with E-state index in [4.69, 9.17) is 47.9 Å². The number of nitriles is 1. The molecule has 0 radical (unpaired) electrons. The average molecular weight is 1810 g/mol. The van der Waals surface area contributed by atoms with Crippen LogP contribution in [0.15, 0.2) is 263 Å². The molecule has 1 aliphatic rings. The maximum absolute atomic E-state index is 12.9. The number of nitrogens with zero attached hydrogens (tertiary/aromatic N) is 1. The van der Waals surface area contributed by atoms with Crippen LogP contribution < -0.4 is 42.6 Å². The minimum Gasteiger partial charge on any atom is -0.425 e. The van der Waals surface area contributed by atoms with Crippen molar-refractivity contribution in [3.63, 3.8) is 0 Å². The molecule has 1 aliphatic carbocycles. The second-order valence-electron chi connectivity index (χ2n) is 23.4. The molecule has 0 atom stereocenters. The summed E-state index contributed by atoms with van der Waals surface area (Å²) in [5, 5.41) is 8.78. The van der Waals surface area contributed by atoms with E-state index in [0.717, 1.165) is 63.8 Å². The number of ether oxygens (including phenoxy) is 19. The lowest BCUT2D eigenvalue weighted by atomic mass is 9.99. The zero-order valence-corrected chi connectivity index (χ0v) is 63.5. The maximum atomic E-state index is 12.9. The molecule has 0 aromatic heterocycles. The van der Waals surface area contributed by atoms with Gasteiger partial charge >= 0.3 is 84.5 Å². The Bertz CT molecular complexity index is 5290. The van der Waals surface area contributed by atoms with Crippen LogP contribution in [-0.4, -0.2) is 118 Å². The summed E-state index contributed by atoms with van der Waals surface area (Å²) in [6, 6.07) is 52.7. The van der Waals surface area contributed by atoms with Gasteiger partial charge < -0.3 is 90.0 Å². The zero-order valence-electron chi connectivity index (χ0n) is 63.5. The van der Waals surface area contributed by atoms with Crippen molar-refractivity contribution in [1.82, 2.24) is 0 Å². The number of fused-ring (bicyclic) bond motifs is 3. The molecule has 0 bridgehead atoms. The summed E-state index contributed by atoms with van der Waals surface area (Å²) in [6.07, 6.45) is -0.891. The van der Waals surface area contributed by atoms with Gasteiger partial charge in [0.25, 0.3) is 0 Å². The molecule has 0 saturated heterocycles. The molecule has 10 rings (SSSR count). The van der Waals surface area contributed by atoms with E-state index in [9.17, 15) is 67.1 Å². The number of carbonyl (C=O) groups excluding carboxylic acids is 14. The molecule has 131 heavy (non-hydrogen) atoms. The monoisotopic (exact) mass is 1810 g/mol. The van der Waals surface area contributed by atoms with E-state index in [1.54, 1.807) is 67.6 Å². The van der Waals surface area contributed by atoms with Crippen LogP contribution >= 0.6 is 0 Å². The highest BCUT2D eigenvalue weighted by atomic mass is 16.8. The summed E-state index contributed by atoms with van der Waals surface area (Å²) >= 11 is 0. The number of carbonyl (C=O) groups is 14. The minimum atomic E-state index is -1.13. The SMILES string of the molecule is C.C.C.C.C.C.C.C.C.C.C=CC(=O)OCOC(=O)Oc1ccc(-c2ccc(C#N)cc2)cc1.C=CC(=O)OCOC(=O)Oc1ccc(C(=O)Oc2ccc(OC(=O)c3ccc(OC(=O)OCOC(=O)C=C)cc3)c(C)c2)cc1.C=CC(=O)OCOC(=O)Oc1ccc(C(=O)Oc2ccc3c(c2)C(C)c2cc(OC(=O)c4ccc(OC(=O)OCOC(=O)C=C)cc4)ccc2-3)cc1. The maximum Gasteiger partial charge on any atom is 0.516 e. The van der Waals surface area contributed by atoms with Gasteiger partial charge in [-0.3, -0.25) is 0 Å². The minimum absolute atomic E-state index is 0. The molecule has 34 nitrogen and oxygen atoms in total. The van der Waals surface area contributed by atoms with E-state index < -0.39 is 118 Å². The van der Waals surface area contributed by atoms with E-state index in [1.807, 2.05) is 31.2 Å². The number of aryl methyl sites for hydroxylation is 1. The second kappa shape index (κ2) is 59.6. The van der Waals surface area contributed by atoms with Crippen LogP contribution in [0.1, 0.15) is 151 Å². The first-order valence-corrected chi connectivity index (χ1v) is 34.7. The topological polar surface area (TPSA) is 438 Å². The molecule has 696 valence electrons. The molecular weight excluding hydrogens is 1710 g/mol. The van der Waals surface area contributed by atoms with Gasteiger partial charge in [0, 0.05) is 36.3 Å². The Morgan fingerprint density at radius 3 is 0.748 bits per heavy atom. The standard InChI is InChI=1S/C38H28O14.C31H24O14.C18H13NO5.10CH4/c1-4-33(39)45-20-47-37(43)51-25-10-6-23(7-11-25)35(41)49-27-14-16-29-30-17-15-28(19-32(30)22(3)31(29)18-27)50-36(42)24-8-12-26(13-9-24)52-38(44)48-21-46-34(40)5-2;1-4-26(32)38-17-40-30(36)43-22-10-6-20(7-11-22)28(34)42-24-14-15-25(19(3)16-24)45-29(35)21-8-12-23(13-9-21)44-31(37)41-18-39-27(33)5-2;1-2-17(20)22-12-23-18(21)24-16-9-7-15(8-10-16)14-5-3-13(11-19)4-6-14;;;;;;;;;;/h4-19,22H,1-2,20-21H2,3H3;4-16H,1-2,17-18H2,3H3;2-10H,1,12H2;10*1H4. The molecule has 34 heteroatoms. The van der Waals surface area contributed by atoms with Crippen LogP contribution in [0, 0.1) is 18.3 Å². The third-order valence-electron chi connectivity index (χ3n) is 15.5. The van der Waals surface area contributed by atoms with E-state index in [1.165, 1.54) is 115 Å². The van der Waals surface area contributed by atoms with Crippen molar-refractivity contribution in [2.75, 3.05) is 34.0 Å². The lowest BCUT2D eigenvalue weighted by Crippen LogP contribution is -2.15. The van der Waals surface area contributed by atoms with Crippen molar-refractivity contribution in [3.05, 3.63) is 308 Å². The van der Waals surface area contributed by atoms with Crippen LogP contribution in [0.3, 0.4) is 0 Å². The van der Waals surface area contributed by atoms with E-state index in [2.05, 4.69) is 86.3 Å². The van der Waals surface area contributed by atoms with Crippen LogP contribution in [0.2, 0.25) is 0 Å². The number of rotatable bonds is 29. The van der Waals surface area contributed by atoms with Crippen molar-refractivity contribution in [2.45, 2.75) is 94.0 Å². The van der Waals surface area contributed by atoms with Gasteiger partial charge in [0.05, 0.1) is 33.9 Å². The van der Waals surface area contributed by atoms with Crippen molar-refractivity contribution < 1.29 is 157 Å². The number of hydrogen-bond donors (Lipinski definition) is 0. The molecule has 9 aromatic carbocycles. The smallest absolute Gasteiger partial charge is 0.425 e. The van der Waals surface area contributed by atoms with Crippen LogP contribution in [0.25, 0.3) is 22.3 Å². The van der Waals surface area contributed by atoms with Gasteiger partial charge in [-0.25, -0.2) is 67.1 Å². The largest absolute Gasteiger partial charge is 0.516 e. The Morgan fingerprint density at radius 1 is 0.282 bits per heavy atom. The fourth-order valence-corrected chi connectivity index (χ4v) is 9.73. The molecule has 0 fully saturated rings. The fraction of sp³-hybridized carbons (Fsp3) is 0.186. The summed E-state index contributed by atoms with van der Waals surface area (Å²) < 4.78 is 92.2. The van der Waals surface area contributed by atoms with E-state index in [-0.39, 0.29) is 143 Å². The van der Waals surface area contributed by atoms with Gasteiger partial charge in [0.2, 0.25) is 34.0 Å². The molecule has 0 unspecified atom stereocenters. The molecular formula is C97H105NO33. The number of hydrogen-bond acceptors (Lipinski definition) is 34. The highest BCUT2D eigenvalue weighted by Gasteiger charge is 2.28. The summed E-state index contributed by atoms with van der Waals surface area (Å²) in [5.41, 5.74) is 7.22. The third-order valence-corrected chi connectivity index (χ3v) is 15.5. The quantitative estimate of drug-likeness (QED) is 0.0105. The Kier molecular flexibility index (Phi) is 53.6. The summed E-state index contributed by atoms with van der Waals surface area (Å²) in [7, 11) is 0. The molecule has 0 aliphatic heterocycles.